The minimum Gasteiger partial charge on any atom is -0.506 e. The van der Waals surface area contributed by atoms with Gasteiger partial charge >= 0.3 is 0 Å². The second-order valence-corrected chi connectivity index (χ2v) is 17.6. The van der Waals surface area contributed by atoms with E-state index < -0.39 is 0 Å². The fraction of sp³-hybridized carbons (Fsp3) is 0.308. The van der Waals surface area contributed by atoms with E-state index in [0.717, 1.165) is 68.3 Å². The molecule has 1 aromatic heterocycles. The van der Waals surface area contributed by atoms with E-state index in [9.17, 15) is 9.90 Å². The second kappa shape index (κ2) is 19.7. The first-order valence-corrected chi connectivity index (χ1v) is 23.1. The summed E-state index contributed by atoms with van der Waals surface area (Å²) in [6, 6.07) is 39.5. The molecule has 298 valence electrons. The normalized spacial score (nSPS) is 15.0. The van der Waals surface area contributed by atoms with E-state index in [0.29, 0.717) is 11.1 Å². The van der Waals surface area contributed by atoms with Crippen molar-refractivity contribution in [1.82, 2.24) is 4.58 Å². The monoisotopic (exact) mass is 805 g/mol. The van der Waals surface area contributed by atoms with E-state index >= 15 is 0 Å². The fourth-order valence-electron chi connectivity index (χ4n) is 7.60. The number of aliphatic hydroxyl groups is 1. The smallest absolute Gasteiger partial charge is 0.251 e. The summed E-state index contributed by atoms with van der Waals surface area (Å²) in [7, 11) is 0. The zero-order valence-corrected chi connectivity index (χ0v) is 36.2. The highest BCUT2D eigenvalue weighted by molar-refractivity contribution is 8.18. The Morgan fingerprint density at radius 1 is 0.534 bits per heavy atom. The molecule has 1 aliphatic heterocycles. The number of anilines is 3. The molecular weight excluding hydrogens is 749 g/mol. The molecule has 0 saturated carbocycles. The zero-order valence-electron chi connectivity index (χ0n) is 34.6. The Morgan fingerprint density at radius 3 is 1.38 bits per heavy atom. The molecule has 0 atom stereocenters. The topological polar surface area (TPSA) is 43.5 Å². The lowest BCUT2D eigenvalue weighted by atomic mass is 9.86. The van der Waals surface area contributed by atoms with Crippen LogP contribution in [0.2, 0.25) is 0 Å². The Morgan fingerprint density at radius 2 is 0.966 bits per heavy atom. The van der Waals surface area contributed by atoms with Crippen LogP contribution in [-0.4, -0.2) is 15.9 Å². The third-order valence-electron chi connectivity index (χ3n) is 11.1. The Hall–Kier alpha value is -4.91. The summed E-state index contributed by atoms with van der Waals surface area (Å²) in [6.45, 7) is 8.91. The average molecular weight is 806 g/mol. The number of ketones is 1. The molecule has 5 aromatic rings. The summed E-state index contributed by atoms with van der Waals surface area (Å²) in [6.07, 6.45) is 17.7. The van der Waals surface area contributed by atoms with Gasteiger partial charge in [-0.3, -0.25) is 4.79 Å². The summed E-state index contributed by atoms with van der Waals surface area (Å²) in [5.74, 6) is -0.0375. The predicted octanol–water partition coefficient (Wildman–Crippen LogP) is 14.9. The molecule has 0 bridgehead atoms. The Bertz CT molecular complexity index is 2200. The predicted molar refractivity (Wildman–Crippen MR) is 251 cm³/mol. The number of Topliss-reactive ketones (excluding diaryl/α,β-unsaturated/α-hetero) is 1. The van der Waals surface area contributed by atoms with Gasteiger partial charge in [0.05, 0.1) is 11.1 Å². The minimum absolute atomic E-state index is 0.0750. The van der Waals surface area contributed by atoms with Crippen molar-refractivity contribution in [3.8, 4) is 0 Å². The number of nitrogens with zero attached hydrogens (tertiary/aromatic N) is 2. The van der Waals surface area contributed by atoms with Crippen molar-refractivity contribution in [2.24, 2.45) is 0 Å². The molecule has 58 heavy (non-hydrogen) atoms. The van der Waals surface area contributed by atoms with E-state index in [2.05, 4.69) is 146 Å². The van der Waals surface area contributed by atoms with Gasteiger partial charge in [0.15, 0.2) is 0 Å². The van der Waals surface area contributed by atoms with Gasteiger partial charge in [-0.15, -0.1) is 15.9 Å². The number of aryl methyl sites for hydroxylation is 4. The first-order chi connectivity index (χ1) is 28.4. The van der Waals surface area contributed by atoms with Gasteiger partial charge < -0.3 is 10.0 Å². The molecule has 6 heteroatoms. The molecule has 4 aromatic carbocycles. The third-order valence-corrected chi connectivity index (χ3v) is 13.3. The van der Waals surface area contributed by atoms with Gasteiger partial charge in [0, 0.05) is 51.5 Å². The number of benzene rings is 4. The van der Waals surface area contributed by atoms with Crippen LogP contribution < -0.4 is 9.48 Å². The van der Waals surface area contributed by atoms with Crippen LogP contribution in [0.3, 0.4) is 0 Å². The molecule has 1 aliphatic carbocycles. The zero-order chi connectivity index (χ0) is 40.4. The number of thiophene rings is 1. The highest BCUT2D eigenvalue weighted by Crippen LogP contribution is 2.48. The lowest BCUT2D eigenvalue weighted by molar-refractivity contribution is -0.111. The second-order valence-electron chi connectivity index (χ2n) is 15.5. The molecule has 0 saturated heterocycles. The first kappa shape index (κ1) is 41.3. The van der Waals surface area contributed by atoms with Crippen molar-refractivity contribution in [2.75, 3.05) is 4.90 Å². The number of allylic oxidation sites excluding steroid dienone is 3. The van der Waals surface area contributed by atoms with Crippen LogP contribution in [0.1, 0.15) is 106 Å². The largest absolute Gasteiger partial charge is 0.506 e. The summed E-state index contributed by atoms with van der Waals surface area (Å²) in [4.78, 5) is 17.8. The number of carbonyl (C=O) groups excluding carboxylic acids is 1. The molecule has 0 fully saturated rings. The summed E-state index contributed by atoms with van der Waals surface area (Å²) in [5, 5.41) is 13.6. The Kier molecular flexibility index (Phi) is 14.0. The summed E-state index contributed by atoms with van der Waals surface area (Å²) >= 11 is 3.08. The molecule has 2 heterocycles. The molecule has 0 radical (unpaired) electrons. The lowest BCUT2D eigenvalue weighted by Crippen LogP contribution is -2.21. The SMILES string of the molecule is CCCCc1ccc(N(c2ccc(CCCC)cc2)c2ccc(C3=C(O)/C(=C4\C=CC(=[N+](c5ccc(CCCC)cc5)c5ccc(CCCC)cc5)S4)C3=O)s2)cc1. The van der Waals surface area contributed by atoms with Crippen molar-refractivity contribution in [1.29, 1.82) is 0 Å². The van der Waals surface area contributed by atoms with Gasteiger partial charge in [0.2, 0.25) is 17.2 Å². The average Bonchev–Trinajstić information content (AvgIpc) is 3.93. The maximum absolute atomic E-state index is 14.0. The van der Waals surface area contributed by atoms with Crippen LogP contribution in [0.4, 0.5) is 27.8 Å². The van der Waals surface area contributed by atoms with Crippen molar-refractivity contribution < 1.29 is 9.90 Å². The van der Waals surface area contributed by atoms with Gasteiger partial charge in [0.25, 0.3) is 5.04 Å². The number of hydrogen-bond acceptors (Lipinski definition) is 5. The van der Waals surface area contributed by atoms with Crippen molar-refractivity contribution >= 4 is 67.2 Å². The molecule has 0 amide bonds. The van der Waals surface area contributed by atoms with Gasteiger partial charge in [-0.05, 0) is 128 Å². The van der Waals surface area contributed by atoms with Gasteiger partial charge in [0.1, 0.15) is 10.8 Å². The number of carbonyl (C=O) groups is 1. The molecular formula is C52H57N2O2S2+. The highest BCUT2D eigenvalue weighted by atomic mass is 32.2. The molecule has 7 rings (SSSR count). The van der Waals surface area contributed by atoms with Gasteiger partial charge in [-0.2, -0.15) is 0 Å². The number of aliphatic hydroxyl groups excluding tert-OH is 1. The van der Waals surface area contributed by atoms with E-state index in [1.807, 2.05) is 12.1 Å². The quantitative estimate of drug-likeness (QED) is 0.0708. The van der Waals surface area contributed by atoms with Gasteiger partial charge in [-0.25, -0.2) is 0 Å². The standard InChI is InChI=1S/C52H56N2O2S2/c1-5-9-13-37-17-25-41(26-18-37)53(42-27-19-38(20-28-42)14-10-6-2)47-35-33-45(57-47)49-51(55)50(52(49)56)46-34-36-48(58-46)54(43-29-21-39(22-30-43)15-11-7-3)44-31-23-40(24-32-44)16-12-8-4/h17-36H,5-16H2,1-4H3/p+1. The van der Waals surface area contributed by atoms with Gasteiger partial charge in [-0.1, -0.05) is 102 Å². The van der Waals surface area contributed by atoms with Crippen LogP contribution >= 0.6 is 23.1 Å². The van der Waals surface area contributed by atoms with E-state index in [1.54, 1.807) is 23.1 Å². The summed E-state index contributed by atoms with van der Waals surface area (Å²) < 4.78 is 2.26. The Balaban J connectivity index is 1.19. The van der Waals surface area contributed by atoms with Crippen LogP contribution in [0.5, 0.6) is 0 Å². The molecule has 4 nitrogen and oxygen atoms in total. The van der Waals surface area contributed by atoms with Crippen molar-refractivity contribution in [2.45, 2.75) is 105 Å². The van der Waals surface area contributed by atoms with E-state index in [-0.39, 0.29) is 11.5 Å². The lowest BCUT2D eigenvalue weighted by Gasteiger charge is -2.25. The molecule has 0 unspecified atom stereocenters. The van der Waals surface area contributed by atoms with E-state index in [4.69, 9.17) is 0 Å². The maximum atomic E-state index is 14.0. The van der Waals surface area contributed by atoms with Crippen LogP contribution in [0.15, 0.2) is 138 Å². The summed E-state index contributed by atoms with van der Waals surface area (Å²) in [5.41, 5.74) is 10.4. The van der Waals surface area contributed by atoms with Crippen molar-refractivity contribution in [3.05, 3.63) is 165 Å². The Labute approximate surface area is 354 Å². The van der Waals surface area contributed by atoms with Crippen LogP contribution in [0.25, 0.3) is 5.57 Å². The maximum Gasteiger partial charge on any atom is 0.251 e. The minimum atomic E-state index is -0.112. The third kappa shape index (κ3) is 9.35. The molecule has 2 aliphatic rings. The van der Waals surface area contributed by atoms with Crippen LogP contribution in [-0.2, 0) is 30.5 Å². The molecule has 1 N–H and O–H groups in total. The van der Waals surface area contributed by atoms with Crippen LogP contribution in [0, 0.1) is 0 Å². The first-order valence-electron chi connectivity index (χ1n) is 21.4. The number of hydrogen-bond donors (Lipinski definition) is 1. The highest BCUT2D eigenvalue weighted by Gasteiger charge is 2.40. The van der Waals surface area contributed by atoms with E-state index in [1.165, 1.54) is 73.6 Å². The number of unbranched alkanes of at least 4 members (excludes halogenated alkanes) is 4. The van der Waals surface area contributed by atoms with Crippen molar-refractivity contribution in [3.63, 3.8) is 0 Å². The number of thioether (sulfide) groups is 1. The number of rotatable bonds is 18. The fourth-order valence-corrected chi connectivity index (χ4v) is 9.78. The molecule has 0 spiro atoms.